The van der Waals surface area contributed by atoms with Crippen molar-refractivity contribution in [3.8, 4) is 0 Å². The molecule has 0 atom stereocenters. The van der Waals surface area contributed by atoms with Gasteiger partial charge >= 0.3 is 0 Å². The normalized spacial score (nSPS) is 11.0. The molecule has 0 saturated carbocycles. The van der Waals surface area contributed by atoms with Crippen molar-refractivity contribution in [1.29, 1.82) is 0 Å². The molecule has 10 nitrogen and oxygen atoms in total. The van der Waals surface area contributed by atoms with Crippen LogP contribution in [0.3, 0.4) is 0 Å². The molecule has 0 fully saturated rings. The van der Waals surface area contributed by atoms with E-state index in [1.54, 1.807) is 31.2 Å². The van der Waals surface area contributed by atoms with Crippen LogP contribution in [-0.2, 0) is 10.0 Å². The lowest BCUT2D eigenvalue weighted by Crippen LogP contribution is -2.13. The fraction of sp³-hybridized carbons (Fsp3) is 0.0833. The molecule has 4 aromatic rings. The molecule has 4 rings (SSSR count). The van der Waals surface area contributed by atoms with Crippen LogP contribution in [-0.4, -0.2) is 23.3 Å². The minimum absolute atomic E-state index is 0.191. The van der Waals surface area contributed by atoms with Crippen molar-refractivity contribution in [3.05, 3.63) is 100 Å². The second kappa shape index (κ2) is 9.77. The summed E-state index contributed by atoms with van der Waals surface area (Å²) in [5.74, 6) is 1.01. The highest BCUT2D eigenvalue weighted by Gasteiger charge is 2.20. The van der Waals surface area contributed by atoms with Crippen LogP contribution in [0.25, 0.3) is 0 Å². The van der Waals surface area contributed by atoms with Gasteiger partial charge in [-0.15, -0.1) is 0 Å². The number of aromatic nitrogens is 2. The molecule has 0 aliphatic rings. The van der Waals surface area contributed by atoms with Crippen LogP contribution in [0.1, 0.15) is 11.3 Å². The highest BCUT2D eigenvalue weighted by Crippen LogP contribution is 2.25. The Kier molecular flexibility index (Phi) is 6.60. The lowest BCUT2D eigenvalue weighted by atomic mass is 10.2. The number of nitro groups is 1. The summed E-state index contributed by atoms with van der Waals surface area (Å²) in [5.41, 5.74) is 2.73. The molecule has 0 spiro atoms. The largest absolute Gasteiger partial charge is 0.340 e. The summed E-state index contributed by atoms with van der Waals surface area (Å²) in [5, 5.41) is 17.5. The van der Waals surface area contributed by atoms with Crippen molar-refractivity contribution in [2.24, 2.45) is 0 Å². The molecular formula is C24H22N6O4S. The van der Waals surface area contributed by atoms with Crippen LogP contribution in [0.2, 0.25) is 0 Å². The number of para-hydroxylation sites is 1. The van der Waals surface area contributed by atoms with Crippen molar-refractivity contribution in [2.45, 2.75) is 18.7 Å². The molecule has 0 saturated heterocycles. The van der Waals surface area contributed by atoms with E-state index in [4.69, 9.17) is 0 Å². The summed E-state index contributed by atoms with van der Waals surface area (Å²) >= 11 is 0. The summed E-state index contributed by atoms with van der Waals surface area (Å²) in [6.45, 7) is 3.41. The summed E-state index contributed by atoms with van der Waals surface area (Å²) in [6.07, 6.45) is 0. The number of benzene rings is 3. The standard InChI is InChI=1S/C24H22N6O4S/c1-16-8-13-21(15-22(16)30(31)32)35(33,34)29-20-11-9-19(10-12-20)27-24-25-17(2)14-23(28-24)26-18-6-4-3-5-7-18/h3-15,29H,1-2H3,(H2,25,26,27,28). The molecule has 0 bridgehead atoms. The average molecular weight is 491 g/mol. The van der Waals surface area contributed by atoms with E-state index >= 15 is 0 Å². The highest BCUT2D eigenvalue weighted by atomic mass is 32.2. The zero-order chi connectivity index (χ0) is 25.0. The highest BCUT2D eigenvalue weighted by molar-refractivity contribution is 7.92. The predicted octanol–water partition coefficient (Wildman–Crippen LogP) is 5.29. The number of nitrogens with zero attached hydrogens (tertiary/aromatic N) is 3. The van der Waals surface area contributed by atoms with E-state index in [0.717, 1.165) is 17.4 Å². The number of rotatable bonds is 8. The molecular weight excluding hydrogens is 468 g/mol. The molecule has 0 aliphatic heterocycles. The van der Waals surface area contributed by atoms with Gasteiger partial charge in [-0.05, 0) is 56.3 Å². The Morgan fingerprint density at radius 3 is 2.14 bits per heavy atom. The van der Waals surface area contributed by atoms with Crippen LogP contribution < -0.4 is 15.4 Å². The maximum Gasteiger partial charge on any atom is 0.273 e. The topological polar surface area (TPSA) is 139 Å². The Bertz CT molecular complexity index is 1480. The predicted molar refractivity (Wildman–Crippen MR) is 135 cm³/mol. The summed E-state index contributed by atoms with van der Waals surface area (Å²) < 4.78 is 27.9. The summed E-state index contributed by atoms with van der Waals surface area (Å²) in [4.78, 5) is 19.2. The van der Waals surface area contributed by atoms with Crippen LogP contribution in [0.5, 0.6) is 0 Å². The molecule has 0 aliphatic carbocycles. The van der Waals surface area contributed by atoms with Gasteiger partial charge in [0.05, 0.1) is 9.82 Å². The molecule has 3 N–H and O–H groups in total. The molecule has 1 heterocycles. The maximum absolute atomic E-state index is 12.7. The van der Waals surface area contributed by atoms with E-state index in [-0.39, 0.29) is 10.6 Å². The molecule has 0 unspecified atom stereocenters. The molecule has 11 heteroatoms. The van der Waals surface area contributed by atoms with E-state index in [0.29, 0.717) is 28.7 Å². The van der Waals surface area contributed by atoms with Gasteiger partial charge < -0.3 is 10.6 Å². The third-order valence-electron chi connectivity index (χ3n) is 4.98. The van der Waals surface area contributed by atoms with Crippen molar-refractivity contribution < 1.29 is 13.3 Å². The molecule has 1 aromatic heterocycles. The Labute approximate surface area is 202 Å². The summed E-state index contributed by atoms with van der Waals surface area (Å²) in [7, 11) is -4.01. The minimum Gasteiger partial charge on any atom is -0.340 e. The number of sulfonamides is 1. The van der Waals surface area contributed by atoms with Crippen molar-refractivity contribution >= 4 is 44.5 Å². The number of anilines is 5. The zero-order valence-corrected chi connectivity index (χ0v) is 19.7. The first-order chi connectivity index (χ1) is 16.7. The quantitative estimate of drug-likeness (QED) is 0.224. The Morgan fingerprint density at radius 2 is 1.46 bits per heavy atom. The van der Waals surface area contributed by atoms with Crippen LogP contribution >= 0.6 is 0 Å². The number of nitrogens with one attached hydrogen (secondary N) is 3. The first-order valence-electron chi connectivity index (χ1n) is 10.5. The van der Waals surface area contributed by atoms with E-state index in [1.807, 2.05) is 43.3 Å². The van der Waals surface area contributed by atoms with Gasteiger partial charge in [-0.2, -0.15) is 4.98 Å². The van der Waals surface area contributed by atoms with Crippen LogP contribution in [0.4, 0.5) is 34.5 Å². The maximum atomic E-state index is 12.7. The lowest BCUT2D eigenvalue weighted by molar-refractivity contribution is -0.385. The third kappa shape index (κ3) is 5.89. The Balaban J connectivity index is 1.48. The molecule has 35 heavy (non-hydrogen) atoms. The zero-order valence-electron chi connectivity index (χ0n) is 18.9. The van der Waals surface area contributed by atoms with Gasteiger partial charge in [-0.25, -0.2) is 13.4 Å². The lowest BCUT2D eigenvalue weighted by Gasteiger charge is -2.11. The Morgan fingerprint density at radius 1 is 0.800 bits per heavy atom. The molecule has 0 amide bonds. The Hall–Kier alpha value is -4.51. The first-order valence-corrected chi connectivity index (χ1v) is 12.0. The number of hydrogen-bond donors (Lipinski definition) is 3. The number of hydrogen-bond acceptors (Lipinski definition) is 8. The fourth-order valence-electron chi connectivity index (χ4n) is 3.28. The summed E-state index contributed by atoms with van der Waals surface area (Å²) in [6, 6.07) is 21.7. The number of aryl methyl sites for hydroxylation is 2. The fourth-order valence-corrected chi connectivity index (χ4v) is 4.35. The van der Waals surface area contributed by atoms with Crippen molar-refractivity contribution in [1.82, 2.24) is 9.97 Å². The second-order valence-electron chi connectivity index (χ2n) is 7.72. The van der Waals surface area contributed by atoms with Gasteiger partial charge in [0, 0.05) is 40.5 Å². The van der Waals surface area contributed by atoms with Gasteiger partial charge in [0.1, 0.15) is 5.82 Å². The molecule has 0 radical (unpaired) electrons. The second-order valence-corrected chi connectivity index (χ2v) is 9.40. The number of nitro benzene ring substituents is 1. The van der Waals surface area contributed by atoms with Crippen molar-refractivity contribution in [3.63, 3.8) is 0 Å². The van der Waals surface area contributed by atoms with Crippen LogP contribution in [0.15, 0.2) is 83.8 Å². The monoisotopic (exact) mass is 490 g/mol. The molecule has 3 aromatic carbocycles. The van der Waals surface area contributed by atoms with E-state index < -0.39 is 14.9 Å². The van der Waals surface area contributed by atoms with Gasteiger partial charge in [0.2, 0.25) is 5.95 Å². The SMILES string of the molecule is Cc1cc(Nc2ccccc2)nc(Nc2ccc(NS(=O)(=O)c3ccc(C)c([N+](=O)[O-])c3)cc2)n1. The van der Waals surface area contributed by atoms with Crippen LogP contribution in [0, 0.1) is 24.0 Å². The smallest absolute Gasteiger partial charge is 0.273 e. The average Bonchev–Trinajstić information content (AvgIpc) is 2.80. The van der Waals surface area contributed by atoms with E-state index in [9.17, 15) is 18.5 Å². The third-order valence-corrected chi connectivity index (χ3v) is 6.36. The van der Waals surface area contributed by atoms with Crippen molar-refractivity contribution in [2.75, 3.05) is 15.4 Å². The van der Waals surface area contributed by atoms with Gasteiger partial charge in [0.15, 0.2) is 0 Å². The van der Waals surface area contributed by atoms with E-state index in [1.165, 1.54) is 12.1 Å². The van der Waals surface area contributed by atoms with Gasteiger partial charge in [-0.3, -0.25) is 14.8 Å². The van der Waals surface area contributed by atoms with Gasteiger partial charge in [0.25, 0.3) is 15.7 Å². The van der Waals surface area contributed by atoms with Gasteiger partial charge in [-0.1, -0.05) is 24.3 Å². The minimum atomic E-state index is -4.01. The molecule has 178 valence electrons. The van der Waals surface area contributed by atoms with E-state index in [2.05, 4.69) is 25.3 Å². The first kappa shape index (κ1) is 23.6.